The van der Waals surface area contributed by atoms with Gasteiger partial charge in [0, 0.05) is 24.5 Å². The van der Waals surface area contributed by atoms with Crippen molar-refractivity contribution < 1.29 is 0 Å². The molecule has 0 heterocycles. The Bertz CT molecular complexity index is 261. The van der Waals surface area contributed by atoms with Crippen LogP contribution in [0.15, 0.2) is 24.3 Å². The maximum atomic E-state index is 3.46. The third-order valence-electron chi connectivity index (χ3n) is 3.10. The van der Waals surface area contributed by atoms with E-state index in [-0.39, 0.29) is 0 Å². The summed E-state index contributed by atoms with van der Waals surface area (Å²) in [7, 11) is 0. The Kier molecular flexibility index (Phi) is 8.11. The zero-order valence-corrected chi connectivity index (χ0v) is 12.0. The zero-order valence-electron chi connectivity index (χ0n) is 12.0. The number of rotatable bonds is 10. The summed E-state index contributed by atoms with van der Waals surface area (Å²) in [6.45, 7) is 6.63. The summed E-state index contributed by atoms with van der Waals surface area (Å²) in [5.41, 5.74) is 2.45. The second-order valence-electron chi connectivity index (χ2n) is 4.85. The van der Waals surface area contributed by atoms with E-state index in [4.69, 9.17) is 0 Å². The fraction of sp³-hybridized carbons (Fsp3) is 0.625. The van der Waals surface area contributed by atoms with Crippen molar-refractivity contribution in [1.82, 2.24) is 0 Å². The highest BCUT2D eigenvalue weighted by atomic mass is 14.9. The molecule has 0 aliphatic rings. The van der Waals surface area contributed by atoms with E-state index >= 15 is 0 Å². The molecule has 2 N–H and O–H groups in total. The van der Waals surface area contributed by atoms with Crippen molar-refractivity contribution in [2.75, 3.05) is 23.7 Å². The maximum absolute atomic E-state index is 3.46. The fourth-order valence-electron chi connectivity index (χ4n) is 1.92. The highest BCUT2D eigenvalue weighted by Crippen LogP contribution is 2.13. The summed E-state index contributed by atoms with van der Waals surface area (Å²) in [6.07, 6.45) is 7.69. The lowest BCUT2D eigenvalue weighted by Crippen LogP contribution is -2.03. The summed E-state index contributed by atoms with van der Waals surface area (Å²) in [5, 5.41) is 6.91. The van der Waals surface area contributed by atoms with Gasteiger partial charge in [-0.3, -0.25) is 0 Å². The second kappa shape index (κ2) is 9.81. The molecule has 102 valence electrons. The molecular formula is C16H28N2. The summed E-state index contributed by atoms with van der Waals surface area (Å²) >= 11 is 0. The van der Waals surface area contributed by atoms with Crippen molar-refractivity contribution in [3.8, 4) is 0 Å². The smallest absolute Gasteiger partial charge is 0.0341 e. The average molecular weight is 248 g/mol. The Morgan fingerprint density at radius 3 is 1.39 bits per heavy atom. The summed E-state index contributed by atoms with van der Waals surface area (Å²) in [4.78, 5) is 0. The van der Waals surface area contributed by atoms with Crippen LogP contribution < -0.4 is 10.6 Å². The van der Waals surface area contributed by atoms with Crippen LogP contribution in [0.3, 0.4) is 0 Å². The molecule has 0 atom stereocenters. The van der Waals surface area contributed by atoms with Crippen molar-refractivity contribution in [3.05, 3.63) is 24.3 Å². The number of nitrogens with one attached hydrogen (secondary N) is 2. The molecule has 18 heavy (non-hydrogen) atoms. The molecule has 0 saturated heterocycles. The first-order chi connectivity index (χ1) is 8.86. The van der Waals surface area contributed by atoms with E-state index in [0.29, 0.717) is 0 Å². The Morgan fingerprint density at radius 1 is 0.667 bits per heavy atom. The maximum Gasteiger partial charge on any atom is 0.0341 e. The van der Waals surface area contributed by atoms with E-state index in [1.54, 1.807) is 0 Å². The van der Waals surface area contributed by atoms with Gasteiger partial charge >= 0.3 is 0 Å². The van der Waals surface area contributed by atoms with Crippen molar-refractivity contribution in [2.24, 2.45) is 0 Å². The van der Waals surface area contributed by atoms with Gasteiger partial charge in [0.15, 0.2) is 0 Å². The molecule has 0 fully saturated rings. The molecule has 0 bridgehead atoms. The fourth-order valence-corrected chi connectivity index (χ4v) is 1.92. The first-order valence-electron chi connectivity index (χ1n) is 7.44. The largest absolute Gasteiger partial charge is 0.385 e. The van der Waals surface area contributed by atoms with E-state index in [0.717, 1.165) is 13.1 Å². The Balaban J connectivity index is 2.20. The van der Waals surface area contributed by atoms with Gasteiger partial charge in [0.25, 0.3) is 0 Å². The van der Waals surface area contributed by atoms with Crippen LogP contribution in [0.4, 0.5) is 11.4 Å². The Labute approximate surface area is 112 Å². The van der Waals surface area contributed by atoms with Crippen molar-refractivity contribution in [3.63, 3.8) is 0 Å². The molecule has 0 spiro atoms. The third kappa shape index (κ3) is 6.53. The molecule has 2 nitrogen and oxygen atoms in total. The minimum absolute atomic E-state index is 1.08. The monoisotopic (exact) mass is 248 g/mol. The van der Waals surface area contributed by atoms with Crippen LogP contribution in [0.1, 0.15) is 52.4 Å². The predicted molar refractivity (Wildman–Crippen MR) is 82.5 cm³/mol. The van der Waals surface area contributed by atoms with Crippen molar-refractivity contribution >= 4 is 11.4 Å². The Hall–Kier alpha value is -1.18. The van der Waals surface area contributed by atoms with Crippen LogP contribution in [0.25, 0.3) is 0 Å². The lowest BCUT2D eigenvalue weighted by Gasteiger charge is -2.09. The molecule has 0 aromatic heterocycles. The molecule has 2 heteroatoms. The van der Waals surface area contributed by atoms with Gasteiger partial charge < -0.3 is 10.6 Å². The number of anilines is 2. The van der Waals surface area contributed by atoms with E-state index < -0.39 is 0 Å². The number of unbranched alkanes of at least 4 members (excludes halogenated alkanes) is 4. The molecule has 0 aliphatic heterocycles. The summed E-state index contributed by atoms with van der Waals surface area (Å²) in [6, 6.07) is 8.64. The van der Waals surface area contributed by atoms with E-state index in [2.05, 4.69) is 48.7 Å². The van der Waals surface area contributed by atoms with E-state index in [1.807, 2.05) is 0 Å². The van der Waals surface area contributed by atoms with Gasteiger partial charge in [0.2, 0.25) is 0 Å². The van der Waals surface area contributed by atoms with Crippen LogP contribution in [0.2, 0.25) is 0 Å². The minimum atomic E-state index is 1.08. The van der Waals surface area contributed by atoms with Gasteiger partial charge in [-0.05, 0) is 37.1 Å². The molecule has 1 aromatic carbocycles. The first-order valence-corrected chi connectivity index (χ1v) is 7.44. The van der Waals surface area contributed by atoms with Gasteiger partial charge in [0.1, 0.15) is 0 Å². The highest BCUT2D eigenvalue weighted by Gasteiger charge is 1.94. The third-order valence-corrected chi connectivity index (χ3v) is 3.10. The quantitative estimate of drug-likeness (QED) is 0.576. The normalized spacial score (nSPS) is 10.3. The van der Waals surface area contributed by atoms with Gasteiger partial charge in [-0.1, -0.05) is 39.5 Å². The molecule has 0 aliphatic carbocycles. The van der Waals surface area contributed by atoms with Crippen LogP contribution in [-0.4, -0.2) is 13.1 Å². The van der Waals surface area contributed by atoms with E-state index in [1.165, 1.54) is 49.9 Å². The average Bonchev–Trinajstić information content (AvgIpc) is 2.41. The van der Waals surface area contributed by atoms with Crippen molar-refractivity contribution in [1.29, 1.82) is 0 Å². The standard InChI is InChI=1S/C16H28N2/c1-3-5-7-13-17-15-9-11-16(12-10-15)18-14-8-6-4-2/h9-12,17-18H,3-8,13-14H2,1-2H3. The van der Waals surface area contributed by atoms with Gasteiger partial charge in [0.05, 0.1) is 0 Å². The lowest BCUT2D eigenvalue weighted by molar-refractivity contribution is 0.743. The molecule has 1 rings (SSSR count). The number of hydrogen-bond acceptors (Lipinski definition) is 2. The van der Waals surface area contributed by atoms with Crippen molar-refractivity contribution in [2.45, 2.75) is 52.4 Å². The van der Waals surface area contributed by atoms with Crippen LogP contribution >= 0.6 is 0 Å². The second-order valence-corrected chi connectivity index (χ2v) is 4.85. The van der Waals surface area contributed by atoms with Gasteiger partial charge in [-0.15, -0.1) is 0 Å². The van der Waals surface area contributed by atoms with Gasteiger partial charge in [-0.25, -0.2) is 0 Å². The van der Waals surface area contributed by atoms with Crippen LogP contribution in [0.5, 0.6) is 0 Å². The molecule has 0 radical (unpaired) electrons. The number of hydrogen-bond donors (Lipinski definition) is 2. The van der Waals surface area contributed by atoms with Crippen LogP contribution in [0, 0.1) is 0 Å². The van der Waals surface area contributed by atoms with Crippen LogP contribution in [-0.2, 0) is 0 Å². The first kappa shape index (κ1) is 14.9. The SMILES string of the molecule is CCCCCNc1ccc(NCCCCC)cc1. The minimum Gasteiger partial charge on any atom is -0.385 e. The predicted octanol–water partition coefficient (Wildman–Crippen LogP) is 4.89. The molecule has 0 amide bonds. The van der Waals surface area contributed by atoms with Gasteiger partial charge in [-0.2, -0.15) is 0 Å². The number of benzene rings is 1. The summed E-state index contributed by atoms with van der Waals surface area (Å²) in [5.74, 6) is 0. The highest BCUT2D eigenvalue weighted by molar-refractivity contribution is 5.53. The zero-order chi connectivity index (χ0) is 13.1. The molecule has 0 saturated carbocycles. The molecule has 0 unspecified atom stereocenters. The lowest BCUT2D eigenvalue weighted by atomic mass is 10.2. The topological polar surface area (TPSA) is 24.1 Å². The molecule has 1 aromatic rings. The van der Waals surface area contributed by atoms with E-state index in [9.17, 15) is 0 Å². The summed E-state index contributed by atoms with van der Waals surface area (Å²) < 4.78 is 0. The Morgan fingerprint density at radius 2 is 1.06 bits per heavy atom. The molecular weight excluding hydrogens is 220 g/mol.